The average molecular weight is 367 g/mol. The summed E-state index contributed by atoms with van der Waals surface area (Å²) in [5.74, 6) is 4.87. The number of imidazole rings is 1. The average Bonchev–Trinajstić information content (AvgIpc) is 3.24. The molecule has 0 aliphatic rings. The number of thiazole rings is 1. The lowest BCUT2D eigenvalue weighted by molar-refractivity contribution is 0.510. The first-order valence-corrected chi connectivity index (χ1v) is 8.48. The maximum Gasteiger partial charge on any atom is 0.186 e. The van der Waals surface area contributed by atoms with E-state index in [0.29, 0.717) is 28.2 Å². The fourth-order valence-electron chi connectivity index (χ4n) is 2.49. The molecule has 1 aromatic carbocycles. The van der Waals surface area contributed by atoms with Gasteiger partial charge in [-0.1, -0.05) is 0 Å². The van der Waals surface area contributed by atoms with Gasteiger partial charge in [-0.2, -0.15) is 0 Å². The van der Waals surface area contributed by atoms with Gasteiger partial charge in [0.15, 0.2) is 17.5 Å². The summed E-state index contributed by atoms with van der Waals surface area (Å²) in [4.78, 5) is 17.1. The molecule has 0 aliphatic heterocycles. The van der Waals surface area contributed by atoms with Crippen molar-refractivity contribution < 1.29 is 8.78 Å². The molecule has 0 atom stereocenters. The van der Waals surface area contributed by atoms with Crippen molar-refractivity contribution in [3.63, 3.8) is 0 Å². The van der Waals surface area contributed by atoms with E-state index in [2.05, 4.69) is 31.8 Å². The Morgan fingerprint density at radius 2 is 1.88 bits per heavy atom. The third-order valence-corrected chi connectivity index (χ3v) is 4.47. The largest absolute Gasteiger partial charge is 0.327 e. The van der Waals surface area contributed by atoms with E-state index in [0.717, 1.165) is 22.8 Å². The standard InChI is InChI=1S/C18H11F2N5S/c1-10-22-14(11-7-12(19)13(20)8-15(11)23-10)3-4-17-24-16(9-25(17)2)18-21-5-6-26-18/h5-9H,1-2H3. The van der Waals surface area contributed by atoms with Crippen LogP contribution in [0.3, 0.4) is 0 Å². The van der Waals surface area contributed by atoms with Crippen molar-refractivity contribution in [2.24, 2.45) is 7.05 Å². The summed E-state index contributed by atoms with van der Waals surface area (Å²) in [6.45, 7) is 1.67. The van der Waals surface area contributed by atoms with Crippen molar-refractivity contribution in [3.05, 3.63) is 58.9 Å². The third kappa shape index (κ3) is 2.93. The second-order valence-electron chi connectivity index (χ2n) is 5.55. The van der Waals surface area contributed by atoms with E-state index >= 15 is 0 Å². The highest BCUT2D eigenvalue weighted by atomic mass is 32.1. The number of rotatable bonds is 1. The molecule has 0 saturated heterocycles. The third-order valence-electron chi connectivity index (χ3n) is 3.67. The summed E-state index contributed by atoms with van der Waals surface area (Å²) in [6.07, 6.45) is 3.55. The van der Waals surface area contributed by atoms with Crippen LogP contribution in [0.25, 0.3) is 21.6 Å². The molecule has 0 aliphatic carbocycles. The predicted octanol–water partition coefficient (Wildman–Crippen LogP) is 3.47. The van der Waals surface area contributed by atoms with Gasteiger partial charge in [0.1, 0.15) is 22.2 Å². The molecule has 4 rings (SSSR count). The number of hydrogen-bond donors (Lipinski definition) is 0. The molecule has 0 bridgehead atoms. The van der Waals surface area contributed by atoms with Gasteiger partial charge < -0.3 is 4.57 Å². The monoisotopic (exact) mass is 367 g/mol. The molecule has 0 N–H and O–H groups in total. The van der Waals surface area contributed by atoms with E-state index in [1.165, 1.54) is 11.3 Å². The van der Waals surface area contributed by atoms with Gasteiger partial charge in [-0.25, -0.2) is 28.7 Å². The number of aromatic nitrogens is 5. The Morgan fingerprint density at radius 3 is 2.65 bits per heavy atom. The van der Waals surface area contributed by atoms with E-state index in [1.807, 2.05) is 18.6 Å². The van der Waals surface area contributed by atoms with Crippen LogP contribution in [0.15, 0.2) is 29.9 Å². The van der Waals surface area contributed by atoms with Crippen LogP contribution in [0.4, 0.5) is 8.78 Å². The molecule has 0 fully saturated rings. The van der Waals surface area contributed by atoms with Crippen LogP contribution in [0.5, 0.6) is 0 Å². The van der Waals surface area contributed by atoms with Gasteiger partial charge in [0.25, 0.3) is 0 Å². The van der Waals surface area contributed by atoms with Crippen LogP contribution in [0.2, 0.25) is 0 Å². The Labute approximate surface area is 151 Å². The van der Waals surface area contributed by atoms with Gasteiger partial charge >= 0.3 is 0 Å². The number of aryl methyl sites for hydroxylation is 2. The van der Waals surface area contributed by atoms with Crippen LogP contribution < -0.4 is 0 Å². The summed E-state index contributed by atoms with van der Waals surface area (Å²) >= 11 is 1.49. The molecule has 0 radical (unpaired) electrons. The molecule has 0 spiro atoms. The molecule has 4 aromatic rings. The highest BCUT2D eigenvalue weighted by molar-refractivity contribution is 7.13. The highest BCUT2D eigenvalue weighted by Gasteiger charge is 2.11. The molecule has 0 unspecified atom stereocenters. The molecule has 8 heteroatoms. The summed E-state index contributed by atoms with van der Waals surface area (Å²) in [6, 6.07) is 2.11. The molecular formula is C18H11F2N5S. The molecule has 26 heavy (non-hydrogen) atoms. The van der Waals surface area contributed by atoms with E-state index < -0.39 is 11.6 Å². The van der Waals surface area contributed by atoms with Crippen LogP contribution in [-0.2, 0) is 7.05 Å². The van der Waals surface area contributed by atoms with Crippen molar-refractivity contribution in [1.82, 2.24) is 24.5 Å². The summed E-state index contributed by atoms with van der Waals surface area (Å²) in [7, 11) is 1.83. The minimum atomic E-state index is -0.962. The molecule has 128 valence electrons. The van der Waals surface area contributed by atoms with Gasteiger partial charge in [0.2, 0.25) is 0 Å². The summed E-state index contributed by atoms with van der Waals surface area (Å²) in [5, 5.41) is 3.03. The lowest BCUT2D eigenvalue weighted by Gasteiger charge is -2.02. The van der Waals surface area contributed by atoms with Crippen LogP contribution in [-0.4, -0.2) is 24.5 Å². The zero-order chi connectivity index (χ0) is 18.3. The maximum absolute atomic E-state index is 13.6. The van der Waals surface area contributed by atoms with Crippen molar-refractivity contribution in [3.8, 4) is 22.5 Å². The van der Waals surface area contributed by atoms with Crippen molar-refractivity contribution in [1.29, 1.82) is 0 Å². The van der Waals surface area contributed by atoms with Crippen molar-refractivity contribution in [2.45, 2.75) is 6.92 Å². The fourth-order valence-corrected chi connectivity index (χ4v) is 3.08. The molecule has 3 aromatic heterocycles. The zero-order valence-corrected chi connectivity index (χ0v) is 14.6. The number of halogens is 2. The topological polar surface area (TPSA) is 56.5 Å². The first-order valence-electron chi connectivity index (χ1n) is 7.60. The lowest BCUT2D eigenvalue weighted by Crippen LogP contribution is -1.97. The smallest absolute Gasteiger partial charge is 0.186 e. The second-order valence-corrected chi connectivity index (χ2v) is 6.45. The zero-order valence-electron chi connectivity index (χ0n) is 13.8. The fraction of sp³-hybridized carbons (Fsp3) is 0.111. The summed E-state index contributed by atoms with van der Waals surface area (Å²) in [5.41, 5.74) is 1.36. The van der Waals surface area contributed by atoms with Crippen LogP contribution >= 0.6 is 11.3 Å². The quantitative estimate of drug-likeness (QED) is 0.484. The van der Waals surface area contributed by atoms with Gasteiger partial charge in [-0.05, 0) is 24.8 Å². The Hall–Kier alpha value is -3.18. The Balaban J connectivity index is 1.81. The number of nitrogens with zero attached hydrogens (tertiary/aromatic N) is 5. The predicted molar refractivity (Wildman–Crippen MR) is 94.5 cm³/mol. The van der Waals surface area contributed by atoms with E-state index in [4.69, 9.17) is 0 Å². The van der Waals surface area contributed by atoms with Crippen LogP contribution in [0, 0.1) is 30.4 Å². The first kappa shape index (κ1) is 16.3. The number of fused-ring (bicyclic) bond motifs is 1. The second kappa shape index (κ2) is 6.28. The van der Waals surface area contributed by atoms with Gasteiger partial charge in [-0.3, -0.25) is 0 Å². The SMILES string of the molecule is Cc1nc(C#Cc2nc(-c3nccs3)cn2C)c2cc(F)c(F)cc2n1. The molecule has 0 saturated carbocycles. The normalized spacial score (nSPS) is 10.8. The molecule has 0 amide bonds. The molecule has 3 heterocycles. The summed E-state index contributed by atoms with van der Waals surface area (Å²) < 4.78 is 28.9. The number of benzene rings is 1. The van der Waals surface area contributed by atoms with Crippen LogP contribution in [0.1, 0.15) is 17.3 Å². The van der Waals surface area contributed by atoms with E-state index in [-0.39, 0.29) is 0 Å². The van der Waals surface area contributed by atoms with Crippen molar-refractivity contribution in [2.75, 3.05) is 0 Å². The van der Waals surface area contributed by atoms with Crippen molar-refractivity contribution >= 4 is 22.2 Å². The Kier molecular flexibility index (Phi) is 3.93. The van der Waals surface area contributed by atoms with Gasteiger partial charge in [0.05, 0.1) is 5.52 Å². The Morgan fingerprint density at radius 1 is 1.08 bits per heavy atom. The highest BCUT2D eigenvalue weighted by Crippen LogP contribution is 2.21. The Bertz CT molecular complexity index is 1190. The van der Waals surface area contributed by atoms with E-state index in [1.54, 1.807) is 17.7 Å². The lowest BCUT2D eigenvalue weighted by atomic mass is 10.1. The van der Waals surface area contributed by atoms with Gasteiger partial charge in [-0.15, -0.1) is 11.3 Å². The van der Waals surface area contributed by atoms with E-state index in [9.17, 15) is 8.78 Å². The maximum atomic E-state index is 13.6. The number of hydrogen-bond acceptors (Lipinski definition) is 5. The minimum Gasteiger partial charge on any atom is -0.327 e. The minimum absolute atomic E-state index is 0.309. The van der Waals surface area contributed by atoms with Gasteiger partial charge in [0, 0.05) is 36.3 Å². The molecule has 5 nitrogen and oxygen atoms in total. The molecular weight excluding hydrogens is 356 g/mol. The first-order chi connectivity index (χ1) is 12.5.